The number of hydrogen-bond acceptors (Lipinski definition) is 2. The molecule has 0 spiro atoms. The Bertz CT molecular complexity index is 252. The lowest BCUT2D eigenvalue weighted by molar-refractivity contribution is -0.0327. The first-order chi connectivity index (χ1) is 8.68. The first kappa shape index (κ1) is 17.2. The van der Waals surface area contributed by atoms with Crippen molar-refractivity contribution >= 4 is 11.8 Å². The smallest absolute Gasteiger partial charge is 0.316 e. The zero-order valence-corrected chi connectivity index (χ0v) is 13.0. The third kappa shape index (κ3) is 7.45. The van der Waals surface area contributed by atoms with Crippen molar-refractivity contribution in [2.24, 2.45) is 17.3 Å². The van der Waals surface area contributed by atoms with E-state index in [0.29, 0.717) is 17.9 Å². The van der Waals surface area contributed by atoms with Gasteiger partial charge in [0.15, 0.2) is 0 Å². The summed E-state index contributed by atoms with van der Waals surface area (Å²) in [5, 5.41) is 3.16. The lowest BCUT2D eigenvalue weighted by atomic mass is 9.70. The molecule has 0 aromatic heterocycles. The van der Waals surface area contributed by atoms with Crippen molar-refractivity contribution in [1.82, 2.24) is 5.32 Å². The van der Waals surface area contributed by atoms with Crippen LogP contribution in [0.25, 0.3) is 0 Å². The average Bonchev–Trinajstić information content (AvgIpc) is 2.26. The van der Waals surface area contributed by atoms with Crippen molar-refractivity contribution in [3.8, 4) is 0 Å². The second kappa shape index (κ2) is 7.21. The van der Waals surface area contributed by atoms with E-state index in [9.17, 15) is 13.2 Å². The minimum atomic E-state index is -4.09. The van der Waals surface area contributed by atoms with E-state index in [4.69, 9.17) is 0 Å². The van der Waals surface area contributed by atoms with Crippen molar-refractivity contribution in [3.63, 3.8) is 0 Å². The van der Waals surface area contributed by atoms with Crippen LogP contribution in [0.3, 0.4) is 0 Å². The number of alkyl halides is 3. The maximum atomic E-state index is 11.9. The molecular weight excluding hydrogens is 271 g/mol. The van der Waals surface area contributed by atoms with Gasteiger partial charge in [-0.2, -0.15) is 13.2 Å². The molecule has 0 unspecified atom stereocenters. The van der Waals surface area contributed by atoms with Gasteiger partial charge in [0, 0.05) is 12.3 Å². The third-order valence-electron chi connectivity index (χ3n) is 4.05. The minimum absolute atomic E-state index is 0.0614. The van der Waals surface area contributed by atoms with Gasteiger partial charge in [0.25, 0.3) is 0 Å². The molecule has 0 bridgehead atoms. The molecule has 0 aromatic carbocycles. The molecule has 114 valence electrons. The first-order valence-corrected chi connectivity index (χ1v) is 8.08. The van der Waals surface area contributed by atoms with Crippen LogP contribution >= 0.6 is 11.8 Å². The van der Waals surface area contributed by atoms with E-state index in [1.54, 1.807) is 0 Å². The Balaban J connectivity index is 2.07. The summed E-state index contributed by atoms with van der Waals surface area (Å²) in [6, 6.07) is 0. The molecule has 1 saturated carbocycles. The van der Waals surface area contributed by atoms with Gasteiger partial charge < -0.3 is 5.32 Å². The molecule has 19 heavy (non-hydrogen) atoms. The van der Waals surface area contributed by atoms with Crippen LogP contribution in [0, 0.1) is 17.3 Å². The van der Waals surface area contributed by atoms with Gasteiger partial charge in [-0.1, -0.05) is 20.8 Å². The highest BCUT2D eigenvalue weighted by molar-refractivity contribution is 8.00. The Labute approximate surface area is 119 Å². The molecule has 1 aliphatic carbocycles. The maximum Gasteiger partial charge on any atom is 0.441 e. The molecule has 0 aromatic rings. The lowest BCUT2D eigenvalue weighted by Gasteiger charge is -2.37. The molecular formula is C14H26F3NS. The Morgan fingerprint density at radius 1 is 1.05 bits per heavy atom. The molecule has 1 rings (SSSR count). The van der Waals surface area contributed by atoms with Gasteiger partial charge in [0.05, 0.1) is 0 Å². The minimum Gasteiger partial charge on any atom is -0.316 e. The largest absolute Gasteiger partial charge is 0.441 e. The number of halogens is 3. The van der Waals surface area contributed by atoms with Crippen molar-refractivity contribution < 1.29 is 13.2 Å². The molecule has 0 amide bonds. The number of rotatable bonds is 5. The van der Waals surface area contributed by atoms with Gasteiger partial charge in [-0.3, -0.25) is 0 Å². The van der Waals surface area contributed by atoms with Crippen molar-refractivity contribution in [1.29, 1.82) is 0 Å². The summed E-state index contributed by atoms with van der Waals surface area (Å²) >= 11 is 0.0614. The van der Waals surface area contributed by atoms with Crippen LogP contribution in [0.5, 0.6) is 0 Å². The molecule has 5 heteroatoms. The van der Waals surface area contributed by atoms with Crippen LogP contribution in [0.1, 0.15) is 46.5 Å². The fraction of sp³-hybridized carbons (Fsp3) is 1.00. The summed E-state index contributed by atoms with van der Waals surface area (Å²) in [4.78, 5) is 0. The fourth-order valence-corrected chi connectivity index (χ4v) is 3.26. The summed E-state index contributed by atoms with van der Waals surface area (Å²) in [6.07, 6.45) is 4.93. The van der Waals surface area contributed by atoms with Crippen LogP contribution in [0.4, 0.5) is 13.2 Å². The Kier molecular flexibility index (Phi) is 6.51. The highest BCUT2D eigenvalue weighted by Gasteiger charge is 2.30. The standard InChI is InChI=1S/C14H26F3NS/c1-13(2,3)12-6-4-11(5-7-12)10-18-8-9-19-14(15,16)17/h11-12,18H,4-10H2,1-3H3. The van der Waals surface area contributed by atoms with E-state index in [2.05, 4.69) is 26.1 Å². The number of nitrogens with one attached hydrogen (secondary N) is 1. The fourth-order valence-electron chi connectivity index (χ4n) is 2.78. The summed E-state index contributed by atoms with van der Waals surface area (Å²) < 4.78 is 35.8. The van der Waals surface area contributed by atoms with Gasteiger partial charge in [-0.15, -0.1) is 0 Å². The highest BCUT2D eigenvalue weighted by Crippen LogP contribution is 2.39. The number of thioether (sulfide) groups is 1. The Morgan fingerprint density at radius 3 is 2.11 bits per heavy atom. The average molecular weight is 297 g/mol. The molecule has 1 N–H and O–H groups in total. The lowest BCUT2D eigenvalue weighted by Crippen LogP contribution is -2.31. The van der Waals surface area contributed by atoms with Gasteiger partial charge in [0.2, 0.25) is 0 Å². The van der Waals surface area contributed by atoms with Gasteiger partial charge in [-0.25, -0.2) is 0 Å². The van der Waals surface area contributed by atoms with Gasteiger partial charge in [0.1, 0.15) is 0 Å². The first-order valence-electron chi connectivity index (χ1n) is 7.10. The van der Waals surface area contributed by atoms with E-state index in [-0.39, 0.29) is 17.5 Å². The van der Waals surface area contributed by atoms with Crippen LogP contribution in [0.15, 0.2) is 0 Å². The summed E-state index contributed by atoms with van der Waals surface area (Å²) in [7, 11) is 0. The number of hydrogen-bond donors (Lipinski definition) is 1. The SMILES string of the molecule is CC(C)(C)C1CCC(CNCCSC(F)(F)F)CC1. The quantitative estimate of drug-likeness (QED) is 0.739. The van der Waals surface area contributed by atoms with E-state index in [0.717, 1.165) is 12.5 Å². The van der Waals surface area contributed by atoms with Crippen LogP contribution in [-0.4, -0.2) is 24.4 Å². The van der Waals surface area contributed by atoms with Gasteiger partial charge in [-0.05, 0) is 61.2 Å². The molecule has 0 saturated heterocycles. The van der Waals surface area contributed by atoms with E-state index in [1.807, 2.05) is 0 Å². The molecule has 0 heterocycles. The zero-order chi connectivity index (χ0) is 14.5. The Hall–Kier alpha value is 0.100. The zero-order valence-electron chi connectivity index (χ0n) is 12.1. The highest BCUT2D eigenvalue weighted by atomic mass is 32.2. The summed E-state index contributed by atoms with van der Waals surface area (Å²) in [5.74, 6) is 1.56. The van der Waals surface area contributed by atoms with E-state index >= 15 is 0 Å². The summed E-state index contributed by atoms with van der Waals surface area (Å²) in [5.41, 5.74) is -3.70. The second-order valence-electron chi connectivity index (χ2n) is 6.58. The normalized spacial score (nSPS) is 25.6. The molecule has 0 radical (unpaired) electrons. The van der Waals surface area contributed by atoms with Crippen LogP contribution in [0.2, 0.25) is 0 Å². The Morgan fingerprint density at radius 2 is 1.63 bits per heavy atom. The molecule has 1 aliphatic rings. The van der Waals surface area contributed by atoms with E-state index in [1.165, 1.54) is 25.7 Å². The predicted octanol–water partition coefficient (Wildman–Crippen LogP) is 4.68. The van der Waals surface area contributed by atoms with Crippen LogP contribution in [-0.2, 0) is 0 Å². The molecule has 0 aliphatic heterocycles. The molecule has 1 fully saturated rings. The van der Waals surface area contributed by atoms with Crippen LogP contribution < -0.4 is 5.32 Å². The van der Waals surface area contributed by atoms with Crippen molar-refractivity contribution in [2.45, 2.75) is 52.0 Å². The summed E-state index contributed by atoms with van der Waals surface area (Å²) in [6.45, 7) is 8.21. The second-order valence-corrected chi connectivity index (χ2v) is 7.74. The predicted molar refractivity (Wildman–Crippen MR) is 76.3 cm³/mol. The van der Waals surface area contributed by atoms with Crippen molar-refractivity contribution in [3.05, 3.63) is 0 Å². The van der Waals surface area contributed by atoms with E-state index < -0.39 is 5.51 Å². The molecule has 0 atom stereocenters. The monoisotopic (exact) mass is 297 g/mol. The van der Waals surface area contributed by atoms with Crippen molar-refractivity contribution in [2.75, 3.05) is 18.8 Å². The third-order valence-corrected chi connectivity index (χ3v) is 4.78. The maximum absolute atomic E-state index is 11.9. The molecule has 1 nitrogen and oxygen atoms in total. The van der Waals surface area contributed by atoms with Gasteiger partial charge >= 0.3 is 5.51 Å². The topological polar surface area (TPSA) is 12.0 Å².